The van der Waals surface area contributed by atoms with Crippen LogP contribution in [0.5, 0.6) is 5.75 Å². The van der Waals surface area contributed by atoms with Crippen LogP contribution in [0.3, 0.4) is 0 Å². The molecular formula is C35H25BrClFN2O4S. The van der Waals surface area contributed by atoms with Crippen LogP contribution in [-0.2, 0) is 16.1 Å². The number of fused-ring (bicyclic) bond motifs is 1. The van der Waals surface area contributed by atoms with Gasteiger partial charge in [0.25, 0.3) is 5.56 Å². The molecule has 0 saturated heterocycles. The van der Waals surface area contributed by atoms with Gasteiger partial charge in [-0.1, -0.05) is 83.6 Å². The van der Waals surface area contributed by atoms with E-state index in [-0.39, 0.29) is 30.2 Å². The summed E-state index contributed by atoms with van der Waals surface area (Å²) < 4.78 is 27.3. The van der Waals surface area contributed by atoms with Crippen molar-refractivity contribution < 1.29 is 18.7 Å². The van der Waals surface area contributed by atoms with Gasteiger partial charge in [0.15, 0.2) is 4.80 Å². The topological polar surface area (TPSA) is 69.9 Å². The average molecular weight is 704 g/mol. The summed E-state index contributed by atoms with van der Waals surface area (Å²) in [6, 6.07) is 27.3. The van der Waals surface area contributed by atoms with Crippen molar-refractivity contribution >= 4 is 56.6 Å². The second kappa shape index (κ2) is 13.4. The highest BCUT2D eigenvalue weighted by Crippen LogP contribution is 2.35. The lowest BCUT2D eigenvalue weighted by molar-refractivity contribution is -0.138. The van der Waals surface area contributed by atoms with Crippen molar-refractivity contribution in [1.29, 1.82) is 0 Å². The van der Waals surface area contributed by atoms with Crippen LogP contribution in [0.2, 0.25) is 5.02 Å². The third kappa shape index (κ3) is 6.56. The number of benzene rings is 4. The standard InChI is InChI=1S/C35H25BrClFN2O4S/c1-2-43-34(42)30-31(23-6-4-3-5-7-23)39-35-40(32(30)24-11-13-25(37)14-12-24)33(41)29(45-35)19-22-10-17-28(27(36)18-22)44-20-21-8-15-26(38)16-9-21/h3-19,32H,2,20H2,1H3/b29-19-/t32-/m1/s1. The molecule has 5 aromatic rings. The van der Waals surface area contributed by atoms with Crippen LogP contribution in [0.1, 0.15) is 35.2 Å². The van der Waals surface area contributed by atoms with E-state index in [0.29, 0.717) is 35.8 Å². The number of esters is 1. The molecule has 226 valence electrons. The van der Waals surface area contributed by atoms with E-state index in [1.54, 1.807) is 60.0 Å². The lowest BCUT2D eigenvalue weighted by Gasteiger charge is -2.25. The van der Waals surface area contributed by atoms with Crippen LogP contribution in [0.4, 0.5) is 4.39 Å². The summed E-state index contributed by atoms with van der Waals surface area (Å²) in [5.41, 5.74) is 3.46. The van der Waals surface area contributed by atoms with Crippen LogP contribution in [0, 0.1) is 5.82 Å². The molecule has 0 aliphatic carbocycles. The van der Waals surface area contributed by atoms with Crippen molar-refractivity contribution in [1.82, 2.24) is 4.57 Å². The molecule has 0 amide bonds. The highest BCUT2D eigenvalue weighted by molar-refractivity contribution is 9.10. The van der Waals surface area contributed by atoms with Crippen molar-refractivity contribution in [2.24, 2.45) is 4.99 Å². The van der Waals surface area contributed by atoms with E-state index in [2.05, 4.69) is 15.9 Å². The summed E-state index contributed by atoms with van der Waals surface area (Å²) in [5, 5.41) is 0.534. The minimum atomic E-state index is -0.788. The Morgan fingerprint density at radius 2 is 1.78 bits per heavy atom. The zero-order valence-electron chi connectivity index (χ0n) is 23.9. The molecule has 2 heterocycles. The van der Waals surface area contributed by atoms with Crippen LogP contribution >= 0.6 is 38.9 Å². The first-order chi connectivity index (χ1) is 21.8. The van der Waals surface area contributed by atoms with Gasteiger partial charge in [-0.2, -0.15) is 0 Å². The molecule has 45 heavy (non-hydrogen) atoms. The maximum Gasteiger partial charge on any atom is 0.338 e. The molecule has 1 atom stereocenters. The van der Waals surface area contributed by atoms with E-state index in [4.69, 9.17) is 26.1 Å². The fourth-order valence-corrected chi connectivity index (χ4v) is 6.66. The number of rotatable bonds is 8. The van der Waals surface area contributed by atoms with E-state index >= 15 is 0 Å². The van der Waals surface area contributed by atoms with Gasteiger partial charge < -0.3 is 9.47 Å². The quantitative estimate of drug-likeness (QED) is 0.162. The molecule has 1 aromatic heterocycles. The van der Waals surface area contributed by atoms with Gasteiger partial charge in [0, 0.05) is 10.6 Å². The van der Waals surface area contributed by atoms with E-state index in [1.165, 1.54) is 23.5 Å². The second-order valence-electron chi connectivity index (χ2n) is 10.1. The van der Waals surface area contributed by atoms with Gasteiger partial charge in [0.2, 0.25) is 0 Å². The average Bonchev–Trinajstić information content (AvgIpc) is 3.35. The van der Waals surface area contributed by atoms with Crippen LogP contribution in [-0.4, -0.2) is 17.1 Å². The lowest BCUT2D eigenvalue weighted by Crippen LogP contribution is -2.40. The molecule has 0 N–H and O–H groups in total. The zero-order chi connectivity index (χ0) is 31.5. The Labute approximate surface area is 275 Å². The Morgan fingerprint density at radius 3 is 2.47 bits per heavy atom. The monoisotopic (exact) mass is 702 g/mol. The summed E-state index contributed by atoms with van der Waals surface area (Å²) in [6.07, 6.45) is 1.79. The number of thiazole rings is 1. The van der Waals surface area contributed by atoms with Crippen molar-refractivity contribution in [3.63, 3.8) is 0 Å². The predicted molar refractivity (Wildman–Crippen MR) is 177 cm³/mol. The van der Waals surface area contributed by atoms with Gasteiger partial charge in [0.1, 0.15) is 18.2 Å². The van der Waals surface area contributed by atoms with Crippen LogP contribution in [0.25, 0.3) is 11.8 Å². The molecule has 0 unspecified atom stereocenters. The van der Waals surface area contributed by atoms with Gasteiger partial charge in [-0.25, -0.2) is 14.2 Å². The Kier molecular flexibility index (Phi) is 9.11. The SMILES string of the molecule is CCOC(=O)C1=C(c2ccccc2)N=c2s/c(=C\c3ccc(OCc4ccc(F)cc4)c(Br)c3)c(=O)n2[C@@H]1c1ccc(Cl)cc1. The van der Waals surface area contributed by atoms with E-state index in [9.17, 15) is 14.0 Å². The second-order valence-corrected chi connectivity index (χ2v) is 12.4. The molecular weight excluding hydrogens is 679 g/mol. The van der Waals surface area contributed by atoms with Crippen molar-refractivity contribution in [3.05, 3.63) is 160 Å². The first kappa shape index (κ1) is 30.7. The molecule has 0 radical (unpaired) electrons. The largest absolute Gasteiger partial charge is 0.488 e. The molecule has 10 heteroatoms. The Hall–Kier alpha value is -4.31. The number of aromatic nitrogens is 1. The first-order valence-corrected chi connectivity index (χ1v) is 16.0. The fraction of sp³-hybridized carbons (Fsp3) is 0.114. The van der Waals surface area contributed by atoms with Crippen molar-refractivity contribution in [3.8, 4) is 5.75 Å². The van der Waals surface area contributed by atoms with E-state index in [0.717, 1.165) is 16.7 Å². The number of hydrogen-bond donors (Lipinski definition) is 0. The third-order valence-corrected chi connectivity index (χ3v) is 8.98. The smallest absolute Gasteiger partial charge is 0.338 e. The fourth-order valence-electron chi connectivity index (χ4n) is 5.02. The summed E-state index contributed by atoms with van der Waals surface area (Å²) in [5.74, 6) is -0.246. The Balaban J connectivity index is 1.45. The molecule has 4 aromatic carbocycles. The van der Waals surface area contributed by atoms with Gasteiger partial charge in [-0.05, 0) is 82.0 Å². The molecule has 0 spiro atoms. The molecule has 1 aliphatic heterocycles. The molecule has 1 aliphatic rings. The predicted octanol–water partition coefficient (Wildman–Crippen LogP) is 7.07. The number of carbonyl (C=O) groups excluding carboxylic acids is 1. The number of ether oxygens (including phenoxy) is 2. The number of nitrogens with zero attached hydrogens (tertiary/aromatic N) is 2. The molecule has 6 rings (SSSR count). The minimum Gasteiger partial charge on any atom is -0.488 e. The minimum absolute atomic E-state index is 0.167. The van der Waals surface area contributed by atoms with Crippen molar-refractivity contribution in [2.75, 3.05) is 6.61 Å². The molecule has 0 bridgehead atoms. The first-order valence-electron chi connectivity index (χ1n) is 14.0. The highest BCUT2D eigenvalue weighted by atomic mass is 79.9. The maximum atomic E-state index is 14.1. The number of carbonyl (C=O) groups is 1. The summed E-state index contributed by atoms with van der Waals surface area (Å²) in [7, 11) is 0. The van der Waals surface area contributed by atoms with E-state index < -0.39 is 12.0 Å². The summed E-state index contributed by atoms with van der Waals surface area (Å²) in [6.45, 7) is 2.18. The molecule has 0 fully saturated rings. The van der Waals surface area contributed by atoms with Crippen LogP contribution in [0.15, 0.2) is 117 Å². The zero-order valence-corrected chi connectivity index (χ0v) is 27.0. The highest BCUT2D eigenvalue weighted by Gasteiger charge is 2.35. The van der Waals surface area contributed by atoms with Gasteiger partial charge >= 0.3 is 5.97 Å². The molecule has 0 saturated carbocycles. The van der Waals surface area contributed by atoms with Gasteiger partial charge in [0.05, 0.1) is 32.9 Å². The van der Waals surface area contributed by atoms with Crippen LogP contribution < -0.4 is 19.6 Å². The van der Waals surface area contributed by atoms with Gasteiger partial charge in [-0.3, -0.25) is 9.36 Å². The van der Waals surface area contributed by atoms with Gasteiger partial charge in [-0.15, -0.1) is 0 Å². The number of halogens is 3. The molecule has 6 nitrogen and oxygen atoms in total. The number of hydrogen-bond acceptors (Lipinski definition) is 6. The summed E-state index contributed by atoms with van der Waals surface area (Å²) in [4.78, 5) is 33.0. The normalized spacial score (nSPS) is 14.6. The van der Waals surface area contributed by atoms with E-state index in [1.807, 2.05) is 42.5 Å². The third-order valence-electron chi connectivity index (χ3n) is 7.12. The Morgan fingerprint density at radius 1 is 1.04 bits per heavy atom. The summed E-state index contributed by atoms with van der Waals surface area (Å²) >= 11 is 11.0. The Bertz CT molecular complexity index is 2090. The lowest BCUT2D eigenvalue weighted by atomic mass is 9.93. The van der Waals surface area contributed by atoms with Crippen molar-refractivity contribution in [2.45, 2.75) is 19.6 Å². The maximum absolute atomic E-state index is 14.1.